The van der Waals surface area contributed by atoms with Gasteiger partial charge in [-0.05, 0) is 6.07 Å². The first-order chi connectivity index (χ1) is 6.57. The van der Waals surface area contributed by atoms with Crippen molar-refractivity contribution in [1.82, 2.24) is 4.98 Å². The largest absolute Gasteiger partial charge is 0.398 e. The number of anilines is 1. The van der Waals surface area contributed by atoms with Crippen molar-refractivity contribution in [2.24, 2.45) is 0 Å². The maximum Gasteiger partial charge on any atom is 0.170 e. The van der Waals surface area contributed by atoms with Gasteiger partial charge in [0.1, 0.15) is 11.3 Å². The van der Waals surface area contributed by atoms with E-state index in [1.807, 2.05) is 0 Å². The minimum Gasteiger partial charge on any atom is -0.398 e. The molecule has 0 fully saturated rings. The highest BCUT2D eigenvalue weighted by Gasteiger charge is 2.23. The molecule has 0 saturated heterocycles. The molecule has 0 radical (unpaired) electrons. The molecule has 0 aliphatic heterocycles. The quantitative estimate of drug-likeness (QED) is 0.482. The summed E-state index contributed by atoms with van der Waals surface area (Å²) in [5.74, 6) is 0. The lowest BCUT2D eigenvalue weighted by Gasteiger charge is -2.14. The van der Waals surface area contributed by atoms with Crippen LogP contribution < -0.4 is 5.73 Å². The van der Waals surface area contributed by atoms with Crippen LogP contribution in [0.15, 0.2) is 12.3 Å². The van der Waals surface area contributed by atoms with Crippen LogP contribution in [0.1, 0.15) is 11.7 Å². The van der Waals surface area contributed by atoms with Crippen molar-refractivity contribution in [3.8, 4) is 6.07 Å². The zero-order valence-electron chi connectivity index (χ0n) is 7.05. The summed E-state index contributed by atoms with van der Waals surface area (Å²) >= 11 is 5.65. The summed E-state index contributed by atoms with van der Waals surface area (Å²) in [4.78, 5) is 3.68. The van der Waals surface area contributed by atoms with Crippen molar-refractivity contribution >= 4 is 17.3 Å². The maximum atomic E-state index is 9.47. The summed E-state index contributed by atoms with van der Waals surface area (Å²) in [6.07, 6.45) is -1.65. The van der Waals surface area contributed by atoms with Gasteiger partial charge in [-0.3, -0.25) is 0 Å². The summed E-state index contributed by atoms with van der Waals surface area (Å²) in [5, 5.41) is 26.9. The standard InChI is InChI=1S/C8H8ClN3O2/c9-8-6(4(11)1-2-12-8)7(14)5(13)3-10/h1-2,5,7,13-14H,(H2,11,12). The lowest BCUT2D eigenvalue weighted by molar-refractivity contribution is 0.0531. The highest BCUT2D eigenvalue weighted by Crippen LogP contribution is 2.28. The number of nitrogen functional groups attached to an aromatic ring is 1. The van der Waals surface area contributed by atoms with E-state index in [1.54, 1.807) is 0 Å². The number of aliphatic hydroxyl groups is 2. The maximum absolute atomic E-state index is 9.47. The molecule has 0 aliphatic rings. The van der Waals surface area contributed by atoms with Gasteiger partial charge in [0.15, 0.2) is 6.10 Å². The summed E-state index contributed by atoms with van der Waals surface area (Å²) in [7, 11) is 0. The average molecular weight is 214 g/mol. The van der Waals surface area contributed by atoms with E-state index >= 15 is 0 Å². The highest BCUT2D eigenvalue weighted by molar-refractivity contribution is 6.30. The van der Waals surface area contributed by atoms with Crippen LogP contribution in [0.25, 0.3) is 0 Å². The lowest BCUT2D eigenvalue weighted by Crippen LogP contribution is -2.18. The molecule has 2 atom stereocenters. The molecule has 74 valence electrons. The van der Waals surface area contributed by atoms with Crippen molar-refractivity contribution in [3.63, 3.8) is 0 Å². The number of hydrogen-bond acceptors (Lipinski definition) is 5. The number of pyridine rings is 1. The van der Waals surface area contributed by atoms with E-state index in [1.165, 1.54) is 18.3 Å². The third-order valence-electron chi connectivity index (χ3n) is 1.70. The van der Waals surface area contributed by atoms with Crippen LogP contribution in [0.5, 0.6) is 0 Å². The second-order valence-electron chi connectivity index (χ2n) is 2.62. The Kier molecular flexibility index (Phi) is 3.25. The number of rotatable bonds is 2. The topological polar surface area (TPSA) is 103 Å². The number of nitrogens with two attached hydrogens (primary N) is 1. The molecule has 0 aromatic carbocycles. The predicted molar refractivity (Wildman–Crippen MR) is 50.2 cm³/mol. The molecule has 0 aliphatic carbocycles. The van der Waals surface area contributed by atoms with Crippen molar-refractivity contribution in [1.29, 1.82) is 5.26 Å². The SMILES string of the molecule is N#CC(O)C(O)c1c(N)ccnc1Cl. The summed E-state index contributed by atoms with van der Waals surface area (Å²) < 4.78 is 0. The third kappa shape index (κ3) is 1.93. The zero-order chi connectivity index (χ0) is 10.7. The number of hydrogen-bond donors (Lipinski definition) is 3. The van der Waals surface area contributed by atoms with Gasteiger partial charge in [0.25, 0.3) is 0 Å². The van der Waals surface area contributed by atoms with E-state index in [0.717, 1.165) is 0 Å². The second kappa shape index (κ2) is 4.24. The van der Waals surface area contributed by atoms with Crippen molar-refractivity contribution < 1.29 is 10.2 Å². The first-order valence-electron chi connectivity index (χ1n) is 3.73. The Balaban J connectivity index is 3.13. The molecule has 5 nitrogen and oxygen atoms in total. The summed E-state index contributed by atoms with van der Waals surface area (Å²) in [6, 6.07) is 2.91. The van der Waals surface area contributed by atoms with Gasteiger partial charge >= 0.3 is 0 Å². The molecule has 0 saturated carbocycles. The molecule has 1 rings (SSSR count). The van der Waals surface area contributed by atoms with Crippen molar-refractivity contribution in [2.45, 2.75) is 12.2 Å². The minimum absolute atomic E-state index is 0.0215. The molecular formula is C8H8ClN3O2. The van der Waals surface area contributed by atoms with Crippen LogP contribution in [0.2, 0.25) is 5.15 Å². The van der Waals surface area contributed by atoms with Crippen LogP contribution in [0.3, 0.4) is 0 Å². The van der Waals surface area contributed by atoms with Gasteiger partial charge in [0.05, 0.1) is 6.07 Å². The smallest absolute Gasteiger partial charge is 0.170 e. The fourth-order valence-corrected chi connectivity index (χ4v) is 1.26. The summed E-state index contributed by atoms with van der Waals surface area (Å²) in [6.45, 7) is 0. The fourth-order valence-electron chi connectivity index (χ4n) is 0.983. The Morgan fingerprint density at radius 2 is 2.21 bits per heavy atom. The Hall–Kier alpha value is -1.35. The van der Waals surface area contributed by atoms with E-state index < -0.39 is 12.2 Å². The first-order valence-corrected chi connectivity index (χ1v) is 4.11. The van der Waals surface area contributed by atoms with E-state index in [9.17, 15) is 5.11 Å². The molecule has 1 aromatic heterocycles. The molecule has 0 spiro atoms. The molecule has 4 N–H and O–H groups in total. The normalized spacial score (nSPS) is 14.4. The van der Waals surface area contributed by atoms with E-state index in [2.05, 4.69) is 4.98 Å². The highest BCUT2D eigenvalue weighted by atomic mass is 35.5. The Bertz CT molecular complexity index is 357. The van der Waals surface area contributed by atoms with E-state index in [0.29, 0.717) is 0 Å². The van der Waals surface area contributed by atoms with E-state index in [-0.39, 0.29) is 16.4 Å². The first kappa shape index (κ1) is 10.7. The Morgan fingerprint density at radius 1 is 1.57 bits per heavy atom. The van der Waals surface area contributed by atoms with Gasteiger partial charge in [0.2, 0.25) is 0 Å². The summed E-state index contributed by atoms with van der Waals surface area (Å²) in [5.41, 5.74) is 5.77. The van der Waals surface area contributed by atoms with Gasteiger partial charge in [-0.15, -0.1) is 0 Å². The zero-order valence-corrected chi connectivity index (χ0v) is 7.81. The molecule has 1 aromatic rings. The number of aliphatic hydroxyl groups excluding tert-OH is 2. The minimum atomic E-state index is -1.57. The monoisotopic (exact) mass is 213 g/mol. The van der Waals surface area contributed by atoms with Gasteiger partial charge in [-0.25, -0.2) is 4.98 Å². The molecule has 0 amide bonds. The van der Waals surface area contributed by atoms with Crippen LogP contribution in [-0.4, -0.2) is 21.3 Å². The molecule has 6 heteroatoms. The van der Waals surface area contributed by atoms with Gasteiger partial charge in [0, 0.05) is 17.4 Å². The van der Waals surface area contributed by atoms with Crippen LogP contribution >= 0.6 is 11.6 Å². The Morgan fingerprint density at radius 3 is 2.71 bits per heavy atom. The predicted octanol–water partition coefficient (Wildman–Crippen LogP) is 0.235. The third-order valence-corrected chi connectivity index (χ3v) is 2.00. The molecule has 14 heavy (non-hydrogen) atoms. The van der Waals surface area contributed by atoms with Crippen LogP contribution in [0, 0.1) is 11.3 Å². The molecule has 2 unspecified atom stereocenters. The number of aromatic nitrogens is 1. The number of nitrogens with zero attached hydrogens (tertiary/aromatic N) is 2. The van der Waals surface area contributed by atoms with E-state index in [4.69, 9.17) is 27.7 Å². The lowest BCUT2D eigenvalue weighted by atomic mass is 10.1. The number of halogens is 1. The van der Waals surface area contributed by atoms with Crippen LogP contribution in [-0.2, 0) is 0 Å². The Labute approximate surface area is 85.4 Å². The molecular weight excluding hydrogens is 206 g/mol. The fraction of sp³-hybridized carbons (Fsp3) is 0.250. The molecule has 0 bridgehead atoms. The van der Waals surface area contributed by atoms with Gasteiger partial charge in [-0.2, -0.15) is 5.26 Å². The van der Waals surface area contributed by atoms with Crippen molar-refractivity contribution in [2.75, 3.05) is 5.73 Å². The van der Waals surface area contributed by atoms with Crippen LogP contribution in [0.4, 0.5) is 5.69 Å². The molecule has 1 heterocycles. The van der Waals surface area contributed by atoms with Gasteiger partial charge in [-0.1, -0.05) is 11.6 Å². The van der Waals surface area contributed by atoms with Crippen molar-refractivity contribution in [3.05, 3.63) is 23.0 Å². The average Bonchev–Trinajstić information content (AvgIpc) is 2.16. The number of nitriles is 1. The van der Waals surface area contributed by atoms with Gasteiger partial charge < -0.3 is 15.9 Å². The second-order valence-corrected chi connectivity index (χ2v) is 2.98.